The van der Waals surface area contributed by atoms with Gasteiger partial charge in [-0.2, -0.15) is 5.10 Å². The number of carbonyl (C=O) groups is 1. The number of anilines is 1. The largest absolute Gasteiger partial charge is 0.483 e. The molecule has 1 saturated heterocycles. The number of likely N-dealkylation sites (tertiary alicyclic amines) is 1. The van der Waals surface area contributed by atoms with Crippen molar-refractivity contribution in [1.29, 1.82) is 0 Å². The maximum atomic E-state index is 15.0. The lowest BCUT2D eigenvalue weighted by atomic mass is 9.67. The van der Waals surface area contributed by atoms with Gasteiger partial charge in [0, 0.05) is 25.2 Å². The first-order chi connectivity index (χ1) is 16.5. The number of hydrogen-bond acceptors (Lipinski definition) is 6. The van der Waals surface area contributed by atoms with Crippen molar-refractivity contribution in [2.45, 2.75) is 52.2 Å². The van der Waals surface area contributed by atoms with Gasteiger partial charge in [0.1, 0.15) is 24.2 Å². The molecule has 0 spiro atoms. The molecule has 0 radical (unpaired) electrons. The minimum atomic E-state index is -0.757. The summed E-state index contributed by atoms with van der Waals surface area (Å²) in [5.74, 6) is 0.876. The van der Waals surface area contributed by atoms with E-state index in [-0.39, 0.29) is 42.1 Å². The molecular weight excluding hydrogens is 483 g/mol. The predicted molar refractivity (Wildman–Crippen MR) is 141 cm³/mol. The van der Waals surface area contributed by atoms with E-state index in [0.717, 1.165) is 29.9 Å². The first-order valence-electron chi connectivity index (χ1n) is 12.1. The zero-order chi connectivity index (χ0) is 25.1. The average Bonchev–Trinajstić information content (AvgIpc) is 2.78. The van der Waals surface area contributed by atoms with Gasteiger partial charge < -0.3 is 14.7 Å². The summed E-state index contributed by atoms with van der Waals surface area (Å²) in [5, 5.41) is 14.4. The van der Waals surface area contributed by atoms with E-state index >= 15 is 4.39 Å². The minimum absolute atomic E-state index is 0. The van der Waals surface area contributed by atoms with Crippen LogP contribution in [0.5, 0.6) is 5.75 Å². The van der Waals surface area contributed by atoms with Crippen LogP contribution in [0, 0.1) is 11.2 Å². The maximum absolute atomic E-state index is 15.0. The van der Waals surface area contributed by atoms with Crippen LogP contribution in [0.1, 0.15) is 46.1 Å². The second-order valence-electron chi connectivity index (χ2n) is 11.1. The molecule has 1 amide bonds. The van der Waals surface area contributed by atoms with Gasteiger partial charge in [-0.05, 0) is 61.4 Å². The molecule has 2 aromatic rings. The van der Waals surface area contributed by atoms with Crippen LogP contribution >= 0.6 is 12.4 Å². The molecule has 194 valence electrons. The van der Waals surface area contributed by atoms with Crippen molar-refractivity contribution in [2.24, 2.45) is 10.5 Å². The van der Waals surface area contributed by atoms with Crippen LogP contribution in [0.4, 0.5) is 10.1 Å². The van der Waals surface area contributed by atoms with Crippen molar-refractivity contribution in [2.75, 3.05) is 31.1 Å². The quantitative estimate of drug-likeness (QED) is 0.624. The second kappa shape index (κ2) is 9.32. The lowest BCUT2D eigenvalue weighted by Crippen LogP contribution is -2.60. The number of nitrogens with zero attached hydrogens (tertiary/aromatic N) is 3. The van der Waals surface area contributed by atoms with E-state index in [2.05, 4.69) is 35.3 Å². The SMILES string of the molecule is C[C@@H]1C(=O)NN=C2COc3cc(-c4ccccc4F)c([C@@H](C)C4(C)CN(CC(C)(C)O)C4)cc3N21.Cl. The number of hydrazone groups is 1. The van der Waals surface area contributed by atoms with Gasteiger partial charge in [-0.25, -0.2) is 9.82 Å². The zero-order valence-corrected chi connectivity index (χ0v) is 22.2. The van der Waals surface area contributed by atoms with Crippen LogP contribution in [0.25, 0.3) is 11.1 Å². The molecular formula is C27H34ClFN4O3. The standard InChI is InChI=1S/C27H33FN4O3.ClH/c1-16(27(5)14-31(15-27)13-26(3,4)34)19-10-22-23(11-20(19)18-8-6-7-9-21(18)28)35-12-24-29-30-25(33)17(2)32(22)24;/h6-11,16-17,34H,12-15H2,1-5H3,(H,30,33);1H/t16-,17-;/m1./s1. The minimum Gasteiger partial charge on any atom is -0.483 e. The molecule has 3 aliphatic heterocycles. The summed E-state index contributed by atoms with van der Waals surface area (Å²) >= 11 is 0. The Kier molecular flexibility index (Phi) is 6.83. The van der Waals surface area contributed by atoms with Gasteiger partial charge >= 0.3 is 0 Å². The molecule has 3 heterocycles. The Labute approximate surface area is 217 Å². The molecule has 3 aliphatic rings. The molecule has 5 rings (SSSR count). The van der Waals surface area contributed by atoms with Crippen LogP contribution in [-0.4, -0.2) is 59.6 Å². The third kappa shape index (κ3) is 4.58. The Morgan fingerprint density at radius 2 is 1.97 bits per heavy atom. The molecule has 7 nitrogen and oxygen atoms in total. The van der Waals surface area contributed by atoms with Crippen molar-refractivity contribution < 1.29 is 19.0 Å². The van der Waals surface area contributed by atoms with Gasteiger partial charge in [-0.15, -0.1) is 12.4 Å². The number of hydrogen-bond donors (Lipinski definition) is 2. The molecule has 2 N–H and O–H groups in total. The zero-order valence-electron chi connectivity index (χ0n) is 21.3. The molecule has 1 fully saturated rings. The monoisotopic (exact) mass is 516 g/mol. The predicted octanol–water partition coefficient (Wildman–Crippen LogP) is 4.14. The first kappa shape index (κ1) is 26.4. The van der Waals surface area contributed by atoms with Crippen molar-refractivity contribution in [3.05, 3.63) is 47.8 Å². The second-order valence-corrected chi connectivity index (χ2v) is 11.1. The van der Waals surface area contributed by atoms with E-state index < -0.39 is 11.6 Å². The van der Waals surface area contributed by atoms with E-state index in [1.165, 1.54) is 6.07 Å². The Hall–Kier alpha value is -2.68. The highest BCUT2D eigenvalue weighted by molar-refractivity contribution is 6.09. The van der Waals surface area contributed by atoms with E-state index in [4.69, 9.17) is 4.74 Å². The van der Waals surface area contributed by atoms with Gasteiger partial charge in [-0.1, -0.05) is 32.0 Å². The molecule has 0 unspecified atom stereocenters. The van der Waals surface area contributed by atoms with Gasteiger partial charge in [-0.3, -0.25) is 9.69 Å². The molecule has 2 atom stereocenters. The highest BCUT2D eigenvalue weighted by Crippen LogP contribution is 2.50. The van der Waals surface area contributed by atoms with Gasteiger partial charge in [0.25, 0.3) is 5.91 Å². The van der Waals surface area contributed by atoms with Crippen molar-refractivity contribution in [3.8, 4) is 16.9 Å². The Morgan fingerprint density at radius 3 is 2.64 bits per heavy atom. The number of benzene rings is 2. The summed E-state index contributed by atoms with van der Waals surface area (Å²) in [5.41, 5.74) is 4.85. The summed E-state index contributed by atoms with van der Waals surface area (Å²) in [6.07, 6.45) is 0. The molecule has 2 aromatic carbocycles. The van der Waals surface area contributed by atoms with Crippen LogP contribution in [0.3, 0.4) is 0 Å². The third-order valence-electron chi connectivity index (χ3n) is 7.54. The molecule has 9 heteroatoms. The number of aliphatic hydroxyl groups is 1. The number of ether oxygens (including phenoxy) is 1. The Bertz CT molecular complexity index is 1210. The number of rotatable bonds is 5. The van der Waals surface area contributed by atoms with Crippen molar-refractivity contribution in [1.82, 2.24) is 10.3 Å². The smallest absolute Gasteiger partial charge is 0.262 e. The molecule has 0 saturated carbocycles. The number of nitrogens with one attached hydrogen (secondary N) is 1. The highest BCUT2D eigenvalue weighted by Gasteiger charge is 2.46. The molecule has 0 aromatic heterocycles. The van der Waals surface area contributed by atoms with Gasteiger partial charge in [0.2, 0.25) is 0 Å². The fourth-order valence-corrected chi connectivity index (χ4v) is 5.64. The summed E-state index contributed by atoms with van der Waals surface area (Å²) < 4.78 is 21.0. The molecule has 0 aliphatic carbocycles. The summed E-state index contributed by atoms with van der Waals surface area (Å²) in [7, 11) is 0. The lowest BCUT2D eigenvalue weighted by molar-refractivity contribution is -0.122. The number of amides is 1. The number of fused-ring (bicyclic) bond motifs is 3. The number of β-amino-alcohol motifs (C(OH)–C–C–N with tert-alkyl or cyclic N) is 1. The summed E-state index contributed by atoms with van der Waals surface area (Å²) in [4.78, 5) is 16.6. The Balaban J connectivity index is 0.00000304. The fourth-order valence-electron chi connectivity index (χ4n) is 5.64. The molecule has 0 bridgehead atoms. The van der Waals surface area contributed by atoms with Crippen LogP contribution < -0.4 is 15.1 Å². The van der Waals surface area contributed by atoms with Crippen molar-refractivity contribution >= 4 is 29.8 Å². The van der Waals surface area contributed by atoms with Crippen molar-refractivity contribution in [3.63, 3.8) is 0 Å². The number of halogens is 2. The summed E-state index contributed by atoms with van der Waals surface area (Å²) in [6, 6.07) is 10.3. The van der Waals surface area contributed by atoms with Gasteiger partial charge in [0.05, 0.1) is 11.3 Å². The van der Waals surface area contributed by atoms with E-state index in [0.29, 0.717) is 23.7 Å². The van der Waals surface area contributed by atoms with Crippen LogP contribution in [-0.2, 0) is 4.79 Å². The first-order valence-corrected chi connectivity index (χ1v) is 12.1. The highest BCUT2D eigenvalue weighted by atomic mass is 35.5. The number of carbonyl (C=O) groups excluding carboxylic acids is 1. The Morgan fingerprint density at radius 1 is 1.28 bits per heavy atom. The van der Waals surface area contributed by atoms with Gasteiger partial charge in [0.15, 0.2) is 5.84 Å². The average molecular weight is 517 g/mol. The summed E-state index contributed by atoms with van der Waals surface area (Å²) in [6.45, 7) is 12.4. The third-order valence-corrected chi connectivity index (χ3v) is 7.54. The van der Waals surface area contributed by atoms with E-state index in [1.807, 2.05) is 37.8 Å². The number of amidine groups is 1. The normalized spacial score (nSPS) is 21.6. The maximum Gasteiger partial charge on any atom is 0.262 e. The van der Waals surface area contributed by atoms with Crippen LogP contribution in [0.15, 0.2) is 41.5 Å². The topological polar surface area (TPSA) is 77.4 Å². The lowest BCUT2D eigenvalue weighted by Gasteiger charge is -2.53. The van der Waals surface area contributed by atoms with E-state index in [1.54, 1.807) is 12.1 Å². The van der Waals surface area contributed by atoms with E-state index in [9.17, 15) is 9.90 Å². The fraction of sp³-hybridized carbons (Fsp3) is 0.481. The van der Waals surface area contributed by atoms with Crippen LogP contribution in [0.2, 0.25) is 0 Å². The molecule has 36 heavy (non-hydrogen) atoms.